The highest BCUT2D eigenvalue weighted by molar-refractivity contribution is 9.10. The summed E-state index contributed by atoms with van der Waals surface area (Å²) in [6.45, 7) is 0. The van der Waals surface area contributed by atoms with Crippen molar-refractivity contribution in [1.29, 1.82) is 0 Å². The topological polar surface area (TPSA) is 56.3 Å². The number of fused-ring (bicyclic) bond motifs is 4. The van der Waals surface area contributed by atoms with Crippen molar-refractivity contribution in [3.8, 4) is 17.4 Å². The molecule has 4 aromatic carbocycles. The third-order valence-electron chi connectivity index (χ3n) is 6.11. The lowest BCUT2D eigenvalue weighted by Crippen LogP contribution is -2.16. The molecule has 6 rings (SSSR count). The van der Waals surface area contributed by atoms with Crippen molar-refractivity contribution in [2.45, 2.75) is 5.92 Å². The second kappa shape index (κ2) is 8.47. The number of ether oxygens (including phenoxy) is 2. The van der Waals surface area contributed by atoms with Gasteiger partial charge in [0.1, 0.15) is 23.6 Å². The van der Waals surface area contributed by atoms with Gasteiger partial charge in [0.2, 0.25) is 5.88 Å². The van der Waals surface area contributed by atoms with Gasteiger partial charge in [-0.25, -0.2) is 9.97 Å². The van der Waals surface area contributed by atoms with Crippen LogP contribution in [-0.2, 0) is 0 Å². The van der Waals surface area contributed by atoms with E-state index >= 15 is 0 Å². The first-order valence-corrected chi connectivity index (χ1v) is 11.7. The fourth-order valence-electron chi connectivity index (χ4n) is 4.49. The van der Waals surface area contributed by atoms with Crippen LogP contribution < -0.4 is 14.8 Å². The van der Waals surface area contributed by atoms with Crippen LogP contribution in [0.1, 0.15) is 22.6 Å². The molecule has 1 unspecified atom stereocenters. The number of hydrogen-bond donors (Lipinski definition) is 1. The molecule has 1 atom stereocenters. The molecule has 166 valence electrons. The minimum atomic E-state index is -0.0987. The number of halogens is 1. The van der Waals surface area contributed by atoms with Crippen LogP contribution in [0.5, 0.6) is 17.4 Å². The molecule has 0 radical (unpaired) electrons. The number of benzene rings is 4. The second-order valence-electron chi connectivity index (χ2n) is 8.09. The van der Waals surface area contributed by atoms with E-state index < -0.39 is 0 Å². The van der Waals surface area contributed by atoms with Gasteiger partial charge in [-0.15, -0.1) is 0 Å². The van der Waals surface area contributed by atoms with Gasteiger partial charge in [-0.2, -0.15) is 0 Å². The van der Waals surface area contributed by atoms with Crippen molar-refractivity contribution in [2.75, 3.05) is 12.4 Å². The normalized spacial score (nSPS) is 14.1. The molecule has 2 heterocycles. The number of nitrogens with zero attached hydrogens (tertiary/aromatic N) is 2. The zero-order valence-electron chi connectivity index (χ0n) is 18.3. The Morgan fingerprint density at radius 3 is 2.47 bits per heavy atom. The van der Waals surface area contributed by atoms with E-state index in [2.05, 4.69) is 79.7 Å². The van der Waals surface area contributed by atoms with E-state index in [1.54, 1.807) is 13.4 Å². The van der Waals surface area contributed by atoms with E-state index in [-0.39, 0.29) is 5.92 Å². The Balaban J connectivity index is 1.54. The summed E-state index contributed by atoms with van der Waals surface area (Å²) in [4.78, 5) is 9.16. The summed E-state index contributed by atoms with van der Waals surface area (Å²) in [6, 6.07) is 28.7. The van der Waals surface area contributed by atoms with Crippen LogP contribution >= 0.6 is 15.9 Å². The fraction of sp³-hybridized carbons (Fsp3) is 0.0714. The lowest BCUT2D eigenvalue weighted by Gasteiger charge is -2.30. The molecule has 1 aliphatic heterocycles. The lowest BCUT2D eigenvalue weighted by atomic mass is 9.82. The van der Waals surface area contributed by atoms with E-state index in [1.165, 1.54) is 0 Å². The summed E-state index contributed by atoms with van der Waals surface area (Å²) in [6.07, 6.45) is 1.54. The maximum atomic E-state index is 6.46. The van der Waals surface area contributed by atoms with E-state index in [9.17, 15) is 0 Å². The van der Waals surface area contributed by atoms with Gasteiger partial charge in [-0.05, 0) is 47.3 Å². The van der Waals surface area contributed by atoms with Gasteiger partial charge in [-0.3, -0.25) is 0 Å². The molecule has 0 saturated heterocycles. The van der Waals surface area contributed by atoms with Crippen molar-refractivity contribution >= 4 is 38.2 Å². The average molecular weight is 510 g/mol. The van der Waals surface area contributed by atoms with Gasteiger partial charge in [0.05, 0.1) is 12.7 Å². The third-order valence-corrected chi connectivity index (χ3v) is 6.64. The van der Waals surface area contributed by atoms with Gasteiger partial charge in [0.15, 0.2) is 0 Å². The maximum absolute atomic E-state index is 6.46. The third kappa shape index (κ3) is 3.56. The molecular weight excluding hydrogens is 490 g/mol. The summed E-state index contributed by atoms with van der Waals surface area (Å²) in [5.41, 5.74) is 4.03. The van der Waals surface area contributed by atoms with Gasteiger partial charge < -0.3 is 14.8 Å². The van der Waals surface area contributed by atoms with Crippen LogP contribution in [0.2, 0.25) is 0 Å². The Labute approximate surface area is 205 Å². The van der Waals surface area contributed by atoms with Gasteiger partial charge in [0, 0.05) is 27.0 Å². The molecule has 6 heteroatoms. The van der Waals surface area contributed by atoms with Crippen LogP contribution in [0.4, 0.5) is 11.5 Å². The summed E-state index contributed by atoms with van der Waals surface area (Å²) in [7, 11) is 1.66. The molecule has 0 aliphatic carbocycles. The number of rotatable bonds is 4. The molecule has 34 heavy (non-hydrogen) atoms. The average Bonchev–Trinajstić information content (AvgIpc) is 2.88. The molecule has 0 bridgehead atoms. The molecule has 1 N–H and O–H groups in total. The number of anilines is 2. The van der Waals surface area contributed by atoms with E-state index in [0.717, 1.165) is 49.1 Å². The molecule has 5 aromatic rings. The number of nitrogens with one attached hydrogen (secondary N) is 1. The van der Waals surface area contributed by atoms with Crippen molar-refractivity contribution in [1.82, 2.24) is 9.97 Å². The summed E-state index contributed by atoms with van der Waals surface area (Å²) < 4.78 is 12.8. The Kier molecular flexibility index (Phi) is 5.15. The highest BCUT2D eigenvalue weighted by atomic mass is 79.9. The van der Waals surface area contributed by atoms with Crippen LogP contribution in [0.25, 0.3) is 10.8 Å². The zero-order chi connectivity index (χ0) is 23.1. The SMILES string of the molecule is COc1ccc(Nc2ncnc3c2C(c2ccc(Br)cc2)c2ccc4ccccc4c2O3)cc1. The highest BCUT2D eigenvalue weighted by Gasteiger charge is 2.34. The standard InChI is InChI=1S/C28H20BrN3O2/c1-33-21-13-11-20(12-14-21)32-27-25-24(18-6-9-19(29)10-7-18)23-15-8-17-4-2-3-5-22(17)26(23)34-28(25)31-16-30-27/h2-16,24H,1H3,(H,30,31,32). The highest BCUT2D eigenvalue weighted by Crippen LogP contribution is 2.51. The zero-order valence-corrected chi connectivity index (χ0v) is 19.9. The van der Waals surface area contributed by atoms with Gasteiger partial charge in [0.25, 0.3) is 0 Å². The predicted molar refractivity (Wildman–Crippen MR) is 137 cm³/mol. The molecular formula is C28H20BrN3O2. The molecule has 1 aromatic heterocycles. The first-order valence-electron chi connectivity index (χ1n) is 10.9. The van der Waals surface area contributed by atoms with E-state index in [1.807, 2.05) is 36.4 Å². The first-order chi connectivity index (χ1) is 16.7. The van der Waals surface area contributed by atoms with Crippen molar-refractivity contribution in [3.05, 3.63) is 112 Å². The van der Waals surface area contributed by atoms with Crippen LogP contribution in [0, 0.1) is 0 Å². The van der Waals surface area contributed by atoms with Crippen LogP contribution in [0.15, 0.2) is 95.7 Å². The van der Waals surface area contributed by atoms with Gasteiger partial charge >= 0.3 is 0 Å². The monoisotopic (exact) mass is 509 g/mol. The minimum Gasteiger partial charge on any atom is -0.497 e. The fourth-order valence-corrected chi connectivity index (χ4v) is 4.75. The minimum absolute atomic E-state index is 0.0987. The Morgan fingerprint density at radius 2 is 1.68 bits per heavy atom. The molecule has 5 nitrogen and oxygen atoms in total. The maximum Gasteiger partial charge on any atom is 0.228 e. The summed E-state index contributed by atoms with van der Waals surface area (Å²) in [5.74, 6) is 2.81. The number of hydrogen-bond acceptors (Lipinski definition) is 5. The van der Waals surface area contributed by atoms with Crippen molar-refractivity contribution in [2.24, 2.45) is 0 Å². The van der Waals surface area contributed by atoms with Crippen molar-refractivity contribution in [3.63, 3.8) is 0 Å². The molecule has 1 aliphatic rings. The largest absolute Gasteiger partial charge is 0.497 e. The predicted octanol–water partition coefficient (Wildman–Crippen LogP) is 7.43. The number of methoxy groups -OCH3 is 1. The Hall–Kier alpha value is -3.90. The molecule has 0 fully saturated rings. The van der Waals surface area contributed by atoms with Crippen LogP contribution in [0.3, 0.4) is 0 Å². The van der Waals surface area contributed by atoms with E-state index in [4.69, 9.17) is 9.47 Å². The second-order valence-corrected chi connectivity index (χ2v) is 9.00. The Morgan fingerprint density at radius 1 is 0.882 bits per heavy atom. The Bertz CT molecular complexity index is 1500. The molecule has 0 saturated carbocycles. The lowest BCUT2D eigenvalue weighted by molar-refractivity contribution is 0.415. The molecule has 0 amide bonds. The van der Waals surface area contributed by atoms with E-state index in [0.29, 0.717) is 11.7 Å². The summed E-state index contributed by atoms with van der Waals surface area (Å²) >= 11 is 3.56. The molecule has 0 spiro atoms. The van der Waals surface area contributed by atoms with Crippen molar-refractivity contribution < 1.29 is 9.47 Å². The summed E-state index contributed by atoms with van der Waals surface area (Å²) in [5, 5.41) is 5.66. The first kappa shape index (κ1) is 20.7. The smallest absolute Gasteiger partial charge is 0.228 e. The quantitative estimate of drug-likeness (QED) is 0.267. The van der Waals surface area contributed by atoms with Gasteiger partial charge in [-0.1, -0.05) is 64.5 Å². The van der Waals surface area contributed by atoms with Crippen LogP contribution in [-0.4, -0.2) is 17.1 Å². The number of aromatic nitrogens is 2.